The molecule has 1 aliphatic rings. The maximum atomic E-state index is 13.0. The minimum absolute atomic E-state index is 0.0385. The molecular formula is C19H18ClF3N4O4. The lowest BCUT2D eigenvalue weighted by molar-refractivity contribution is -0.137. The van der Waals surface area contributed by atoms with Crippen molar-refractivity contribution in [2.45, 2.75) is 30.8 Å². The summed E-state index contributed by atoms with van der Waals surface area (Å²) < 4.78 is 44.7. The number of halogens is 4. The van der Waals surface area contributed by atoms with Gasteiger partial charge in [0.15, 0.2) is 5.72 Å². The minimum Gasteiger partial charge on any atom is -0.456 e. The van der Waals surface area contributed by atoms with Crippen molar-refractivity contribution in [2.75, 3.05) is 17.7 Å². The zero-order valence-electron chi connectivity index (χ0n) is 15.8. The van der Waals surface area contributed by atoms with E-state index in [1.54, 1.807) is 0 Å². The van der Waals surface area contributed by atoms with E-state index in [2.05, 4.69) is 15.3 Å². The first-order chi connectivity index (χ1) is 14.5. The summed E-state index contributed by atoms with van der Waals surface area (Å²) >= 11 is 6.23. The Bertz CT molecular complexity index is 1140. The number of benzene rings is 1. The SMILES string of the molecule is Nc1nc(Cl)c(-c2cc3cc(C(F)(F)F)ccc3o2)c(NC2(O)CCC(CO)C2O)n1. The van der Waals surface area contributed by atoms with Crippen LogP contribution in [0.3, 0.4) is 0 Å². The van der Waals surface area contributed by atoms with Gasteiger partial charge in [-0.1, -0.05) is 11.6 Å². The normalized spacial score (nSPS) is 24.1. The molecule has 2 heterocycles. The highest BCUT2D eigenvalue weighted by atomic mass is 35.5. The van der Waals surface area contributed by atoms with Crippen LogP contribution in [0.5, 0.6) is 0 Å². The first-order valence-electron chi connectivity index (χ1n) is 9.25. The van der Waals surface area contributed by atoms with E-state index in [1.165, 1.54) is 12.1 Å². The highest BCUT2D eigenvalue weighted by Crippen LogP contribution is 2.42. The lowest BCUT2D eigenvalue weighted by Crippen LogP contribution is -2.48. The molecule has 0 bridgehead atoms. The summed E-state index contributed by atoms with van der Waals surface area (Å²) in [5, 5.41) is 33.3. The average molecular weight is 459 g/mol. The molecule has 1 aliphatic carbocycles. The maximum Gasteiger partial charge on any atom is 0.416 e. The Hall–Kier alpha value is -2.60. The molecule has 31 heavy (non-hydrogen) atoms. The second-order valence-electron chi connectivity index (χ2n) is 7.43. The standard InChI is InChI=1S/C19H18ClF3N4O4/c20-15-13(12-6-9-5-10(19(21,22)23)1-2-11(9)31-12)16(26-17(24)25-15)27-18(30)4-3-8(7-28)14(18)29/h1-2,5-6,8,14,28-30H,3-4,7H2,(H3,24,25,26,27). The van der Waals surface area contributed by atoms with Crippen LogP contribution >= 0.6 is 11.6 Å². The van der Waals surface area contributed by atoms with Gasteiger partial charge in [-0.3, -0.25) is 0 Å². The molecule has 4 rings (SSSR count). The second kappa shape index (κ2) is 7.52. The zero-order chi connectivity index (χ0) is 22.6. The van der Waals surface area contributed by atoms with Crippen LogP contribution in [0.2, 0.25) is 5.15 Å². The van der Waals surface area contributed by atoms with Gasteiger partial charge in [-0.2, -0.15) is 18.2 Å². The second-order valence-corrected chi connectivity index (χ2v) is 7.79. The van der Waals surface area contributed by atoms with E-state index in [9.17, 15) is 28.5 Å². The fourth-order valence-corrected chi connectivity index (χ4v) is 4.00. The molecule has 0 amide bonds. The predicted molar refractivity (Wildman–Crippen MR) is 106 cm³/mol. The van der Waals surface area contributed by atoms with Crippen LogP contribution in [0.15, 0.2) is 28.7 Å². The lowest BCUT2D eigenvalue weighted by atomic mass is 10.0. The zero-order valence-corrected chi connectivity index (χ0v) is 16.6. The number of hydrogen-bond donors (Lipinski definition) is 5. The molecule has 166 valence electrons. The van der Waals surface area contributed by atoms with Crippen molar-refractivity contribution in [3.05, 3.63) is 35.0 Å². The quantitative estimate of drug-likeness (QED) is 0.297. The average Bonchev–Trinajstić information content (AvgIpc) is 3.21. The summed E-state index contributed by atoms with van der Waals surface area (Å²) in [4.78, 5) is 7.88. The Morgan fingerprint density at radius 3 is 2.68 bits per heavy atom. The molecular weight excluding hydrogens is 441 g/mol. The fourth-order valence-electron chi connectivity index (χ4n) is 3.74. The van der Waals surface area contributed by atoms with E-state index in [-0.39, 0.29) is 52.2 Å². The van der Waals surface area contributed by atoms with Crippen LogP contribution in [0, 0.1) is 5.92 Å². The summed E-state index contributed by atoms with van der Waals surface area (Å²) in [5.41, 5.74) is 3.20. The number of aliphatic hydroxyl groups is 3. The van der Waals surface area contributed by atoms with Crippen molar-refractivity contribution >= 4 is 34.3 Å². The van der Waals surface area contributed by atoms with E-state index >= 15 is 0 Å². The number of nitrogens with zero attached hydrogens (tertiary/aromatic N) is 2. The number of rotatable bonds is 4. The third-order valence-electron chi connectivity index (χ3n) is 5.37. The summed E-state index contributed by atoms with van der Waals surface area (Å²) in [7, 11) is 0. The van der Waals surface area contributed by atoms with Crippen molar-refractivity contribution in [1.82, 2.24) is 9.97 Å². The first-order valence-corrected chi connectivity index (χ1v) is 9.63. The van der Waals surface area contributed by atoms with Gasteiger partial charge in [0.2, 0.25) is 5.95 Å². The van der Waals surface area contributed by atoms with Crippen molar-refractivity contribution in [3.63, 3.8) is 0 Å². The summed E-state index contributed by atoms with van der Waals surface area (Å²) in [6.07, 6.45) is -5.40. The molecule has 1 aromatic carbocycles. The molecule has 8 nitrogen and oxygen atoms in total. The highest BCUT2D eigenvalue weighted by Gasteiger charge is 2.47. The number of fused-ring (bicyclic) bond motifs is 1. The number of hydrogen-bond acceptors (Lipinski definition) is 8. The number of anilines is 2. The van der Waals surface area contributed by atoms with E-state index < -0.39 is 29.5 Å². The van der Waals surface area contributed by atoms with Crippen LogP contribution in [0.4, 0.5) is 24.9 Å². The van der Waals surface area contributed by atoms with E-state index in [0.29, 0.717) is 6.42 Å². The number of nitrogen functional groups attached to an aromatic ring is 1. The summed E-state index contributed by atoms with van der Waals surface area (Å²) in [5.74, 6) is -0.825. The highest BCUT2D eigenvalue weighted by molar-refractivity contribution is 6.32. The summed E-state index contributed by atoms with van der Waals surface area (Å²) in [6, 6.07) is 4.34. The third kappa shape index (κ3) is 3.89. The molecule has 0 saturated heterocycles. The molecule has 0 aliphatic heterocycles. The third-order valence-corrected chi connectivity index (χ3v) is 5.65. The van der Waals surface area contributed by atoms with Crippen molar-refractivity contribution < 1.29 is 32.9 Å². The molecule has 2 aromatic heterocycles. The first kappa shape index (κ1) is 21.6. The van der Waals surface area contributed by atoms with Crippen LogP contribution in [0.25, 0.3) is 22.3 Å². The van der Waals surface area contributed by atoms with Crippen molar-refractivity contribution in [2.24, 2.45) is 5.92 Å². The number of aromatic nitrogens is 2. The van der Waals surface area contributed by atoms with E-state index in [0.717, 1.165) is 12.1 Å². The number of alkyl halides is 3. The van der Waals surface area contributed by atoms with Gasteiger partial charge in [0.25, 0.3) is 0 Å². The predicted octanol–water partition coefficient (Wildman–Crippen LogP) is 3.01. The van der Waals surface area contributed by atoms with Crippen LogP contribution in [-0.4, -0.2) is 43.7 Å². The Balaban J connectivity index is 1.79. The molecule has 3 aromatic rings. The molecule has 3 atom stereocenters. The monoisotopic (exact) mass is 458 g/mol. The molecule has 12 heteroatoms. The molecule has 6 N–H and O–H groups in total. The molecule has 1 fully saturated rings. The van der Waals surface area contributed by atoms with Gasteiger partial charge < -0.3 is 30.8 Å². The van der Waals surface area contributed by atoms with Gasteiger partial charge in [0, 0.05) is 17.9 Å². The van der Waals surface area contributed by atoms with E-state index in [1.807, 2.05) is 0 Å². The molecule has 0 spiro atoms. The topological polar surface area (TPSA) is 138 Å². The Morgan fingerprint density at radius 1 is 1.29 bits per heavy atom. The smallest absolute Gasteiger partial charge is 0.416 e. The minimum atomic E-state index is -4.52. The van der Waals surface area contributed by atoms with Crippen LogP contribution < -0.4 is 11.1 Å². The fraction of sp³-hybridized carbons (Fsp3) is 0.368. The van der Waals surface area contributed by atoms with Crippen LogP contribution in [0.1, 0.15) is 18.4 Å². The Labute approximate surface area is 178 Å². The number of furan rings is 1. The number of aliphatic hydroxyl groups excluding tert-OH is 2. The Kier molecular flexibility index (Phi) is 5.24. The van der Waals surface area contributed by atoms with Crippen molar-refractivity contribution in [3.8, 4) is 11.3 Å². The largest absolute Gasteiger partial charge is 0.456 e. The van der Waals surface area contributed by atoms with Gasteiger partial charge in [-0.05, 0) is 37.1 Å². The van der Waals surface area contributed by atoms with Gasteiger partial charge in [-0.15, -0.1) is 0 Å². The summed E-state index contributed by atoms with van der Waals surface area (Å²) in [6.45, 7) is -0.324. The number of nitrogens with two attached hydrogens (primary N) is 1. The lowest BCUT2D eigenvalue weighted by Gasteiger charge is -2.30. The van der Waals surface area contributed by atoms with Gasteiger partial charge >= 0.3 is 6.18 Å². The molecule has 0 radical (unpaired) electrons. The maximum absolute atomic E-state index is 13.0. The van der Waals surface area contributed by atoms with Gasteiger partial charge in [-0.25, -0.2) is 4.98 Å². The number of nitrogens with one attached hydrogen (secondary N) is 1. The van der Waals surface area contributed by atoms with E-state index in [4.69, 9.17) is 21.8 Å². The molecule has 1 saturated carbocycles. The van der Waals surface area contributed by atoms with Crippen LogP contribution in [-0.2, 0) is 6.18 Å². The van der Waals surface area contributed by atoms with Gasteiger partial charge in [0.05, 0.1) is 11.1 Å². The van der Waals surface area contributed by atoms with Gasteiger partial charge in [0.1, 0.15) is 28.4 Å². The Morgan fingerprint density at radius 2 is 2.03 bits per heavy atom. The molecule has 3 unspecified atom stereocenters. The van der Waals surface area contributed by atoms with Crippen molar-refractivity contribution in [1.29, 1.82) is 0 Å².